The molecule has 2 nitrogen and oxygen atoms in total. The zero-order valence-electron chi connectivity index (χ0n) is 12.2. The molecule has 1 N–H and O–H groups in total. The van der Waals surface area contributed by atoms with Gasteiger partial charge in [0.15, 0.2) is 0 Å². The Kier molecular flexibility index (Phi) is 5.85. The number of nitrogens with one attached hydrogen (secondary N) is 1. The largest absolute Gasteiger partial charge is 0.496 e. The van der Waals surface area contributed by atoms with Crippen LogP contribution in [-0.2, 0) is 0 Å². The molecule has 1 saturated carbocycles. The van der Waals surface area contributed by atoms with E-state index in [1.807, 2.05) is 6.07 Å². The van der Waals surface area contributed by atoms with Gasteiger partial charge in [0.25, 0.3) is 0 Å². The van der Waals surface area contributed by atoms with Crippen molar-refractivity contribution in [2.45, 2.75) is 45.1 Å². The van der Waals surface area contributed by atoms with Crippen LogP contribution in [0.4, 0.5) is 4.39 Å². The number of hydrogen-bond donors (Lipinski definition) is 1. The summed E-state index contributed by atoms with van der Waals surface area (Å²) in [6, 6.07) is 3.61. The second-order valence-corrected chi connectivity index (χ2v) is 6.34. The molecule has 1 aromatic carbocycles. The van der Waals surface area contributed by atoms with Crippen LogP contribution in [0, 0.1) is 11.7 Å². The summed E-state index contributed by atoms with van der Waals surface area (Å²) in [4.78, 5) is 0. The van der Waals surface area contributed by atoms with Gasteiger partial charge in [0.1, 0.15) is 11.6 Å². The Bertz CT molecular complexity index is 446. The van der Waals surface area contributed by atoms with Gasteiger partial charge in [-0.15, -0.1) is 0 Å². The van der Waals surface area contributed by atoms with E-state index >= 15 is 0 Å². The maximum absolute atomic E-state index is 13.7. The Balaban J connectivity index is 2.33. The van der Waals surface area contributed by atoms with Gasteiger partial charge < -0.3 is 10.1 Å². The first-order chi connectivity index (χ1) is 9.67. The molecule has 4 heteroatoms. The number of benzene rings is 1. The van der Waals surface area contributed by atoms with Crippen LogP contribution in [0.15, 0.2) is 16.6 Å². The standard InChI is InChI=1S/C16H23BrFNO/c1-3-8-19-16(11-6-4-5-7-11)12-9-13(17)14(18)10-15(12)20-2/h9-11,16,19H,3-8H2,1-2H3. The number of hydrogen-bond acceptors (Lipinski definition) is 2. The van der Waals surface area contributed by atoms with E-state index in [-0.39, 0.29) is 11.9 Å². The SMILES string of the molecule is CCCNC(c1cc(Br)c(F)cc1OC)C1CCCC1. The van der Waals surface area contributed by atoms with E-state index < -0.39 is 0 Å². The normalized spacial score (nSPS) is 17.4. The Labute approximate surface area is 129 Å². The Morgan fingerprint density at radius 1 is 1.40 bits per heavy atom. The lowest BCUT2D eigenvalue weighted by molar-refractivity contribution is 0.343. The lowest BCUT2D eigenvalue weighted by atomic mass is 9.91. The highest BCUT2D eigenvalue weighted by Gasteiger charge is 2.28. The zero-order chi connectivity index (χ0) is 14.5. The molecule has 20 heavy (non-hydrogen) atoms. The average molecular weight is 344 g/mol. The predicted molar refractivity (Wildman–Crippen MR) is 83.6 cm³/mol. The third-order valence-electron chi connectivity index (χ3n) is 4.09. The third kappa shape index (κ3) is 3.53. The zero-order valence-corrected chi connectivity index (χ0v) is 13.8. The van der Waals surface area contributed by atoms with E-state index in [4.69, 9.17) is 4.74 Å². The summed E-state index contributed by atoms with van der Waals surface area (Å²) in [5, 5.41) is 3.63. The Morgan fingerprint density at radius 2 is 2.10 bits per heavy atom. The van der Waals surface area contributed by atoms with Crippen LogP contribution in [0.3, 0.4) is 0 Å². The number of halogens is 2. The summed E-state index contributed by atoms with van der Waals surface area (Å²) in [6.45, 7) is 3.13. The van der Waals surface area contributed by atoms with Crippen molar-refractivity contribution < 1.29 is 9.13 Å². The van der Waals surface area contributed by atoms with Gasteiger partial charge in [-0.05, 0) is 53.7 Å². The van der Waals surface area contributed by atoms with Crippen LogP contribution in [0.1, 0.15) is 50.6 Å². The Morgan fingerprint density at radius 3 is 2.70 bits per heavy atom. The molecular formula is C16H23BrFNO. The summed E-state index contributed by atoms with van der Waals surface area (Å²) >= 11 is 3.30. The van der Waals surface area contributed by atoms with Gasteiger partial charge in [-0.25, -0.2) is 4.39 Å². The molecular weight excluding hydrogens is 321 g/mol. The summed E-state index contributed by atoms with van der Waals surface area (Å²) in [7, 11) is 1.61. The van der Waals surface area contributed by atoms with Crippen LogP contribution in [0.25, 0.3) is 0 Å². The van der Waals surface area contributed by atoms with Gasteiger partial charge >= 0.3 is 0 Å². The second kappa shape index (κ2) is 7.41. The Hall–Kier alpha value is -0.610. The van der Waals surface area contributed by atoms with Crippen molar-refractivity contribution in [2.24, 2.45) is 5.92 Å². The molecule has 2 rings (SSSR count). The summed E-state index contributed by atoms with van der Waals surface area (Å²) in [6.07, 6.45) is 6.15. The molecule has 1 atom stereocenters. The first-order valence-electron chi connectivity index (χ1n) is 7.43. The van der Waals surface area contributed by atoms with Crippen molar-refractivity contribution in [3.8, 4) is 5.75 Å². The van der Waals surface area contributed by atoms with Crippen molar-refractivity contribution in [3.05, 3.63) is 28.0 Å². The maximum atomic E-state index is 13.7. The molecule has 1 aromatic rings. The van der Waals surface area contributed by atoms with Crippen LogP contribution in [0.5, 0.6) is 5.75 Å². The van der Waals surface area contributed by atoms with Gasteiger partial charge in [0, 0.05) is 17.7 Å². The highest BCUT2D eigenvalue weighted by Crippen LogP contribution is 2.40. The summed E-state index contributed by atoms with van der Waals surface area (Å²) < 4.78 is 19.6. The number of rotatable bonds is 6. The van der Waals surface area contributed by atoms with Crippen molar-refractivity contribution in [1.29, 1.82) is 0 Å². The molecule has 1 aliphatic carbocycles. The molecule has 1 aliphatic rings. The smallest absolute Gasteiger partial charge is 0.141 e. The molecule has 0 amide bonds. The highest BCUT2D eigenvalue weighted by molar-refractivity contribution is 9.10. The monoisotopic (exact) mass is 343 g/mol. The molecule has 1 unspecified atom stereocenters. The van der Waals surface area contributed by atoms with Crippen LogP contribution in [-0.4, -0.2) is 13.7 Å². The fourth-order valence-electron chi connectivity index (χ4n) is 3.08. The van der Waals surface area contributed by atoms with Crippen molar-refractivity contribution in [1.82, 2.24) is 5.32 Å². The number of methoxy groups -OCH3 is 1. The predicted octanol–water partition coefficient (Wildman–Crippen LogP) is 4.83. The minimum atomic E-state index is -0.272. The van der Waals surface area contributed by atoms with Crippen LogP contribution < -0.4 is 10.1 Å². The van der Waals surface area contributed by atoms with E-state index in [0.29, 0.717) is 16.1 Å². The molecule has 0 aliphatic heterocycles. The maximum Gasteiger partial charge on any atom is 0.141 e. The van der Waals surface area contributed by atoms with Crippen LogP contribution >= 0.6 is 15.9 Å². The second-order valence-electron chi connectivity index (χ2n) is 5.48. The van der Waals surface area contributed by atoms with E-state index in [2.05, 4.69) is 28.2 Å². The minimum absolute atomic E-state index is 0.254. The molecule has 112 valence electrons. The fraction of sp³-hybridized carbons (Fsp3) is 0.625. The highest BCUT2D eigenvalue weighted by atomic mass is 79.9. The van der Waals surface area contributed by atoms with E-state index in [1.54, 1.807) is 7.11 Å². The molecule has 0 saturated heterocycles. The van der Waals surface area contributed by atoms with Crippen molar-refractivity contribution >= 4 is 15.9 Å². The lowest BCUT2D eigenvalue weighted by Gasteiger charge is -2.27. The molecule has 0 radical (unpaired) electrons. The fourth-order valence-corrected chi connectivity index (χ4v) is 3.45. The molecule has 0 aromatic heterocycles. The van der Waals surface area contributed by atoms with Gasteiger partial charge in [-0.3, -0.25) is 0 Å². The van der Waals surface area contributed by atoms with Gasteiger partial charge in [-0.2, -0.15) is 0 Å². The summed E-state index contributed by atoms with van der Waals surface area (Å²) in [5.41, 5.74) is 1.07. The minimum Gasteiger partial charge on any atom is -0.496 e. The molecule has 1 fully saturated rings. The first kappa shape index (κ1) is 15.8. The molecule has 0 bridgehead atoms. The van der Waals surface area contributed by atoms with Gasteiger partial charge in [0.2, 0.25) is 0 Å². The molecule has 0 heterocycles. The van der Waals surface area contributed by atoms with E-state index in [0.717, 1.165) is 18.5 Å². The lowest BCUT2D eigenvalue weighted by Crippen LogP contribution is -2.28. The van der Waals surface area contributed by atoms with Crippen LogP contribution in [0.2, 0.25) is 0 Å². The van der Waals surface area contributed by atoms with Gasteiger partial charge in [0.05, 0.1) is 11.6 Å². The van der Waals surface area contributed by atoms with E-state index in [9.17, 15) is 4.39 Å². The number of ether oxygens (including phenoxy) is 1. The van der Waals surface area contributed by atoms with E-state index in [1.165, 1.54) is 31.7 Å². The molecule has 0 spiro atoms. The first-order valence-corrected chi connectivity index (χ1v) is 8.23. The average Bonchev–Trinajstić information content (AvgIpc) is 2.96. The quantitative estimate of drug-likeness (QED) is 0.798. The third-order valence-corrected chi connectivity index (χ3v) is 4.70. The summed E-state index contributed by atoms with van der Waals surface area (Å²) in [5.74, 6) is 0.991. The van der Waals surface area contributed by atoms with Crippen molar-refractivity contribution in [2.75, 3.05) is 13.7 Å². The van der Waals surface area contributed by atoms with Crippen molar-refractivity contribution in [3.63, 3.8) is 0 Å². The van der Waals surface area contributed by atoms with Gasteiger partial charge in [-0.1, -0.05) is 19.8 Å². The topological polar surface area (TPSA) is 21.3 Å².